The maximum atomic E-state index is 5.76. The predicted molar refractivity (Wildman–Crippen MR) is 104 cm³/mol. The molecule has 5 nitrogen and oxygen atoms in total. The number of aromatic nitrogens is 4. The molecule has 1 aromatic carbocycles. The Bertz CT molecular complexity index is 888. The van der Waals surface area contributed by atoms with Gasteiger partial charge in [-0.2, -0.15) is 0 Å². The minimum absolute atomic E-state index is 0.311. The van der Waals surface area contributed by atoms with Crippen LogP contribution >= 0.6 is 11.8 Å². The minimum atomic E-state index is 0.311. The molecule has 1 fully saturated rings. The molecular formula is C20H22N4OS. The first-order valence-electron chi connectivity index (χ1n) is 8.90. The van der Waals surface area contributed by atoms with Crippen LogP contribution in [0.2, 0.25) is 0 Å². The molecule has 26 heavy (non-hydrogen) atoms. The molecule has 3 heterocycles. The molecule has 6 heteroatoms. The van der Waals surface area contributed by atoms with Gasteiger partial charge >= 0.3 is 0 Å². The van der Waals surface area contributed by atoms with Crippen LogP contribution in [0.25, 0.3) is 17.1 Å². The summed E-state index contributed by atoms with van der Waals surface area (Å²) in [6.07, 6.45) is 6.19. The Morgan fingerprint density at radius 1 is 1.23 bits per heavy atom. The Morgan fingerprint density at radius 2 is 2.15 bits per heavy atom. The topological polar surface area (TPSA) is 52.8 Å². The van der Waals surface area contributed by atoms with Gasteiger partial charge in [-0.25, -0.2) is 0 Å². The Morgan fingerprint density at radius 3 is 2.88 bits per heavy atom. The number of hydrogen-bond donors (Lipinski definition) is 0. The number of nitrogens with zero attached hydrogens (tertiary/aromatic N) is 4. The van der Waals surface area contributed by atoms with E-state index in [0.29, 0.717) is 6.10 Å². The van der Waals surface area contributed by atoms with Crippen molar-refractivity contribution in [2.45, 2.75) is 37.9 Å². The third-order valence-electron chi connectivity index (χ3n) is 4.57. The van der Waals surface area contributed by atoms with Gasteiger partial charge in [0.15, 0.2) is 11.0 Å². The van der Waals surface area contributed by atoms with Crippen LogP contribution < -0.4 is 0 Å². The molecule has 1 aliphatic heterocycles. The highest BCUT2D eigenvalue weighted by Crippen LogP contribution is 2.31. The van der Waals surface area contributed by atoms with E-state index in [9.17, 15) is 0 Å². The Kier molecular flexibility index (Phi) is 5.04. The van der Waals surface area contributed by atoms with Crippen LogP contribution in [0.3, 0.4) is 0 Å². The smallest absolute Gasteiger partial charge is 0.196 e. The molecule has 0 bridgehead atoms. The van der Waals surface area contributed by atoms with Crippen LogP contribution in [0.5, 0.6) is 0 Å². The fourth-order valence-electron chi connectivity index (χ4n) is 3.26. The molecular weight excluding hydrogens is 344 g/mol. The lowest BCUT2D eigenvalue weighted by molar-refractivity contribution is 0.129. The molecule has 0 aliphatic carbocycles. The Labute approximate surface area is 157 Å². The summed E-state index contributed by atoms with van der Waals surface area (Å²) in [5.74, 6) is 1.72. The molecule has 3 aromatic rings. The molecule has 0 amide bonds. The standard InChI is InChI=1S/C20H22N4OS/c1-14-7-8-18(15(2)11-14)24-19(16-5-3-9-21-12-16)22-23-20(24)26-13-17-6-4-10-25-17/h3,5,7-9,11-12,17H,4,6,10,13H2,1-2H3/t17-/m0/s1. The van der Waals surface area contributed by atoms with Crippen LogP contribution in [-0.4, -0.2) is 38.2 Å². The third-order valence-corrected chi connectivity index (χ3v) is 5.63. The van der Waals surface area contributed by atoms with E-state index in [0.717, 1.165) is 47.4 Å². The second-order valence-electron chi connectivity index (χ2n) is 6.62. The van der Waals surface area contributed by atoms with Crippen molar-refractivity contribution in [2.24, 2.45) is 0 Å². The number of rotatable bonds is 5. The molecule has 1 atom stereocenters. The summed E-state index contributed by atoms with van der Waals surface area (Å²) in [6.45, 7) is 5.11. The molecule has 0 radical (unpaired) electrons. The lowest BCUT2D eigenvalue weighted by Crippen LogP contribution is -2.09. The number of ether oxygens (including phenoxy) is 1. The molecule has 4 rings (SSSR count). The monoisotopic (exact) mass is 366 g/mol. The molecule has 0 saturated carbocycles. The van der Waals surface area contributed by atoms with Gasteiger partial charge in [-0.05, 0) is 50.5 Å². The summed E-state index contributed by atoms with van der Waals surface area (Å²) in [5, 5.41) is 9.86. The summed E-state index contributed by atoms with van der Waals surface area (Å²) in [7, 11) is 0. The van der Waals surface area contributed by atoms with Crippen LogP contribution in [-0.2, 0) is 4.74 Å². The van der Waals surface area contributed by atoms with E-state index in [4.69, 9.17) is 4.74 Å². The van der Waals surface area contributed by atoms with Gasteiger partial charge in [0.2, 0.25) is 0 Å². The average Bonchev–Trinajstić information content (AvgIpc) is 3.30. The normalized spacial score (nSPS) is 16.9. The van der Waals surface area contributed by atoms with Crippen molar-refractivity contribution in [1.29, 1.82) is 0 Å². The molecule has 0 spiro atoms. The number of pyridine rings is 1. The molecule has 2 aromatic heterocycles. The van der Waals surface area contributed by atoms with Gasteiger partial charge in [0.25, 0.3) is 0 Å². The van der Waals surface area contributed by atoms with Crippen molar-refractivity contribution in [3.8, 4) is 17.1 Å². The van der Waals surface area contributed by atoms with E-state index >= 15 is 0 Å². The number of aryl methyl sites for hydroxylation is 2. The summed E-state index contributed by atoms with van der Waals surface area (Å²) in [5.41, 5.74) is 4.52. The van der Waals surface area contributed by atoms with Gasteiger partial charge in [0.05, 0.1) is 11.8 Å². The second kappa shape index (κ2) is 7.60. The van der Waals surface area contributed by atoms with Crippen LogP contribution in [0.4, 0.5) is 0 Å². The van der Waals surface area contributed by atoms with Gasteiger partial charge in [0.1, 0.15) is 0 Å². The quantitative estimate of drug-likeness (QED) is 0.633. The van der Waals surface area contributed by atoms with Crippen molar-refractivity contribution >= 4 is 11.8 Å². The van der Waals surface area contributed by atoms with Gasteiger partial charge in [-0.1, -0.05) is 29.5 Å². The van der Waals surface area contributed by atoms with Crippen LogP contribution in [0.1, 0.15) is 24.0 Å². The van der Waals surface area contributed by atoms with Gasteiger partial charge in [-0.15, -0.1) is 10.2 Å². The van der Waals surface area contributed by atoms with E-state index < -0.39 is 0 Å². The van der Waals surface area contributed by atoms with Crippen molar-refractivity contribution in [3.63, 3.8) is 0 Å². The zero-order valence-electron chi connectivity index (χ0n) is 15.1. The first kappa shape index (κ1) is 17.2. The fraction of sp³-hybridized carbons (Fsp3) is 0.350. The van der Waals surface area contributed by atoms with E-state index in [1.54, 1.807) is 18.0 Å². The number of benzene rings is 1. The van der Waals surface area contributed by atoms with E-state index in [-0.39, 0.29) is 0 Å². The third kappa shape index (κ3) is 3.52. The minimum Gasteiger partial charge on any atom is -0.377 e. The number of hydrogen-bond acceptors (Lipinski definition) is 5. The molecule has 1 saturated heterocycles. The zero-order chi connectivity index (χ0) is 17.9. The van der Waals surface area contributed by atoms with E-state index in [1.165, 1.54) is 11.1 Å². The summed E-state index contributed by atoms with van der Waals surface area (Å²) < 4.78 is 7.91. The maximum Gasteiger partial charge on any atom is 0.196 e. The highest BCUT2D eigenvalue weighted by Gasteiger charge is 2.21. The Hall–Kier alpha value is -2.18. The van der Waals surface area contributed by atoms with E-state index in [2.05, 4.69) is 51.8 Å². The summed E-state index contributed by atoms with van der Waals surface area (Å²) in [4.78, 5) is 4.24. The lowest BCUT2D eigenvalue weighted by Gasteiger charge is -2.14. The maximum absolute atomic E-state index is 5.76. The first-order chi connectivity index (χ1) is 12.7. The summed E-state index contributed by atoms with van der Waals surface area (Å²) in [6, 6.07) is 10.4. The van der Waals surface area contributed by atoms with Crippen molar-refractivity contribution in [1.82, 2.24) is 19.7 Å². The van der Waals surface area contributed by atoms with Crippen molar-refractivity contribution < 1.29 is 4.74 Å². The van der Waals surface area contributed by atoms with Crippen molar-refractivity contribution in [2.75, 3.05) is 12.4 Å². The molecule has 0 unspecified atom stereocenters. The fourth-order valence-corrected chi connectivity index (χ4v) is 4.27. The molecule has 1 aliphatic rings. The van der Waals surface area contributed by atoms with E-state index in [1.807, 2.05) is 18.3 Å². The lowest BCUT2D eigenvalue weighted by atomic mass is 10.1. The van der Waals surface area contributed by atoms with Gasteiger partial charge in [-0.3, -0.25) is 9.55 Å². The van der Waals surface area contributed by atoms with Crippen molar-refractivity contribution in [3.05, 3.63) is 53.9 Å². The van der Waals surface area contributed by atoms with Gasteiger partial charge in [0, 0.05) is 30.3 Å². The SMILES string of the molecule is Cc1ccc(-n2c(SC[C@@H]3CCCO3)nnc2-c2cccnc2)c(C)c1. The zero-order valence-corrected chi connectivity index (χ0v) is 15.9. The molecule has 134 valence electrons. The summed E-state index contributed by atoms with van der Waals surface area (Å²) >= 11 is 1.71. The highest BCUT2D eigenvalue weighted by atomic mass is 32.2. The average molecular weight is 366 g/mol. The highest BCUT2D eigenvalue weighted by molar-refractivity contribution is 7.99. The predicted octanol–water partition coefficient (Wildman–Crippen LogP) is 4.22. The first-order valence-corrected chi connectivity index (χ1v) is 9.89. The number of thioether (sulfide) groups is 1. The van der Waals surface area contributed by atoms with Gasteiger partial charge < -0.3 is 4.74 Å². The Balaban J connectivity index is 1.75. The van der Waals surface area contributed by atoms with Crippen LogP contribution in [0, 0.1) is 13.8 Å². The second-order valence-corrected chi connectivity index (χ2v) is 7.61. The largest absolute Gasteiger partial charge is 0.377 e. The van der Waals surface area contributed by atoms with Crippen LogP contribution in [0.15, 0.2) is 47.9 Å². The molecule has 0 N–H and O–H groups in total.